The largest absolute Gasteiger partial charge is 0.558 e. The van der Waals surface area contributed by atoms with Crippen molar-refractivity contribution in [1.82, 2.24) is 0 Å². The lowest BCUT2D eigenvalue weighted by molar-refractivity contribution is -0.891. The molecule has 0 aliphatic carbocycles. The van der Waals surface area contributed by atoms with Crippen LogP contribution in [0.4, 0.5) is 0 Å². The molecular formula is C12H28NO3Si+. The normalized spacial score (nSPS) is 29.8. The van der Waals surface area contributed by atoms with Gasteiger partial charge in [-0.25, -0.2) is 0 Å². The average molecular weight is 262 g/mol. The summed E-state index contributed by atoms with van der Waals surface area (Å²) in [7, 11) is 4.96. The maximum atomic E-state index is 5.54. The second-order valence-corrected chi connectivity index (χ2v) is 8.33. The third-order valence-corrected chi connectivity index (χ3v) is 7.00. The summed E-state index contributed by atoms with van der Waals surface area (Å²) in [5, 5.41) is 0. The van der Waals surface area contributed by atoms with Crippen LogP contribution in [0, 0.1) is 5.92 Å². The lowest BCUT2D eigenvalue weighted by atomic mass is 10.0. The van der Waals surface area contributed by atoms with Gasteiger partial charge in [-0.1, -0.05) is 13.3 Å². The zero-order valence-corrected chi connectivity index (χ0v) is 13.0. The lowest BCUT2D eigenvalue weighted by Crippen LogP contribution is -2.59. The highest BCUT2D eigenvalue weighted by Gasteiger charge is 2.49. The second kappa shape index (κ2) is 6.29. The molecule has 2 unspecified atom stereocenters. The monoisotopic (exact) mass is 262 g/mol. The summed E-state index contributed by atoms with van der Waals surface area (Å²) < 4.78 is 17.6. The molecule has 2 atom stereocenters. The summed E-state index contributed by atoms with van der Waals surface area (Å²) in [5.41, 5.74) is 0. The number of nitrogens with zero attached hydrogens (tertiary/aromatic N) is 1. The molecule has 1 rings (SSSR count). The van der Waals surface area contributed by atoms with Gasteiger partial charge in [0.2, 0.25) is 0 Å². The van der Waals surface area contributed by atoms with Gasteiger partial charge in [0.1, 0.15) is 6.17 Å². The van der Waals surface area contributed by atoms with E-state index in [1.807, 2.05) is 0 Å². The van der Waals surface area contributed by atoms with E-state index in [0.29, 0.717) is 0 Å². The number of quaternary nitrogens is 1. The highest BCUT2D eigenvalue weighted by Crippen LogP contribution is 2.28. The lowest BCUT2D eigenvalue weighted by Gasteiger charge is -2.35. The van der Waals surface area contributed by atoms with Crippen molar-refractivity contribution in [2.45, 2.75) is 26.2 Å². The number of likely N-dealkylation sites (tertiary alicyclic amines) is 1. The van der Waals surface area contributed by atoms with E-state index >= 15 is 0 Å². The Bertz CT molecular complexity index is 228. The highest BCUT2D eigenvalue weighted by molar-refractivity contribution is 6.60. The minimum atomic E-state index is -2.44. The summed E-state index contributed by atoms with van der Waals surface area (Å²) in [5.74, 6) is 0.863. The van der Waals surface area contributed by atoms with Crippen LogP contribution in [0.2, 0.25) is 0 Å². The van der Waals surface area contributed by atoms with Gasteiger partial charge >= 0.3 is 8.80 Å². The van der Waals surface area contributed by atoms with Crippen LogP contribution in [0.25, 0.3) is 0 Å². The van der Waals surface area contributed by atoms with Crippen LogP contribution in [0.5, 0.6) is 0 Å². The van der Waals surface area contributed by atoms with Crippen molar-refractivity contribution in [2.75, 3.05) is 47.6 Å². The van der Waals surface area contributed by atoms with Crippen molar-refractivity contribution < 1.29 is 17.8 Å². The van der Waals surface area contributed by atoms with Gasteiger partial charge in [0.05, 0.1) is 20.1 Å². The maximum Gasteiger partial charge on any atom is 0.558 e. The molecule has 0 saturated carbocycles. The van der Waals surface area contributed by atoms with Crippen LogP contribution in [0.3, 0.4) is 0 Å². The highest BCUT2D eigenvalue weighted by atomic mass is 28.4. The first kappa shape index (κ1) is 15.1. The molecule has 0 bridgehead atoms. The Kier molecular flexibility index (Phi) is 5.59. The first-order chi connectivity index (χ1) is 8.03. The van der Waals surface area contributed by atoms with Gasteiger partial charge in [-0.15, -0.1) is 0 Å². The molecule has 0 N–H and O–H groups in total. The topological polar surface area (TPSA) is 27.7 Å². The summed E-state index contributed by atoms with van der Waals surface area (Å²) in [6.07, 6.45) is 4.84. The van der Waals surface area contributed by atoms with Crippen LogP contribution >= 0.6 is 0 Å². The smallest absolute Gasteiger partial charge is 0.374 e. The zero-order chi connectivity index (χ0) is 12.9. The van der Waals surface area contributed by atoms with E-state index in [1.54, 1.807) is 21.3 Å². The standard InChI is InChI=1S/C12H28NO3Si/c1-6-7-12-8-9-13(2,10-12)11-17(14-3,15-4)16-5/h12H,6-11H2,1-5H3/q+1. The molecule has 17 heavy (non-hydrogen) atoms. The van der Waals surface area contributed by atoms with E-state index in [9.17, 15) is 0 Å². The van der Waals surface area contributed by atoms with Gasteiger partial charge in [0, 0.05) is 33.7 Å². The second-order valence-electron chi connectivity index (χ2n) is 5.42. The third-order valence-electron chi connectivity index (χ3n) is 3.98. The van der Waals surface area contributed by atoms with E-state index < -0.39 is 8.80 Å². The Morgan fingerprint density at radius 2 is 1.76 bits per heavy atom. The first-order valence-electron chi connectivity index (χ1n) is 6.52. The van der Waals surface area contributed by atoms with Crippen LogP contribution in [-0.4, -0.2) is 60.9 Å². The number of hydrogen-bond acceptors (Lipinski definition) is 3. The van der Waals surface area contributed by atoms with Crippen molar-refractivity contribution in [2.24, 2.45) is 5.92 Å². The summed E-state index contributed by atoms with van der Waals surface area (Å²) >= 11 is 0. The molecule has 1 aliphatic rings. The zero-order valence-electron chi connectivity index (χ0n) is 12.0. The Balaban J connectivity index is 2.60. The van der Waals surface area contributed by atoms with Gasteiger partial charge < -0.3 is 17.8 Å². The van der Waals surface area contributed by atoms with Crippen molar-refractivity contribution in [3.8, 4) is 0 Å². The Morgan fingerprint density at radius 3 is 2.24 bits per heavy atom. The molecule has 102 valence electrons. The molecule has 5 heteroatoms. The Labute approximate surface area is 107 Å². The molecule has 1 saturated heterocycles. The maximum absolute atomic E-state index is 5.54. The molecule has 1 fully saturated rings. The van der Waals surface area contributed by atoms with Crippen molar-refractivity contribution >= 4 is 8.80 Å². The van der Waals surface area contributed by atoms with E-state index in [2.05, 4.69) is 14.0 Å². The molecule has 0 spiro atoms. The number of hydrogen-bond donors (Lipinski definition) is 0. The molecule has 4 nitrogen and oxygen atoms in total. The van der Waals surface area contributed by atoms with E-state index in [-0.39, 0.29) is 0 Å². The number of rotatable bonds is 7. The van der Waals surface area contributed by atoms with Gasteiger partial charge in [0.25, 0.3) is 0 Å². The van der Waals surface area contributed by atoms with E-state index in [4.69, 9.17) is 13.3 Å². The van der Waals surface area contributed by atoms with Crippen molar-refractivity contribution in [3.05, 3.63) is 0 Å². The molecule has 0 aromatic heterocycles. The molecule has 1 aliphatic heterocycles. The quantitative estimate of drug-likeness (QED) is 0.516. The third kappa shape index (κ3) is 3.76. The molecule has 0 amide bonds. The fourth-order valence-electron chi connectivity index (χ4n) is 3.00. The van der Waals surface area contributed by atoms with Gasteiger partial charge in [-0.05, 0) is 6.42 Å². The predicted molar refractivity (Wildman–Crippen MR) is 70.6 cm³/mol. The fraction of sp³-hybridized carbons (Fsp3) is 1.00. The minimum absolute atomic E-state index is 0.863. The van der Waals surface area contributed by atoms with Crippen LogP contribution in [0.15, 0.2) is 0 Å². The SMILES string of the molecule is CCCC1CC[N+](C)(C[Si](OC)(OC)OC)C1. The molecule has 0 radical (unpaired) electrons. The van der Waals surface area contributed by atoms with Gasteiger partial charge in [0.15, 0.2) is 0 Å². The van der Waals surface area contributed by atoms with E-state index in [1.165, 1.54) is 32.4 Å². The minimum Gasteiger partial charge on any atom is -0.374 e. The van der Waals surface area contributed by atoms with Gasteiger partial charge in [-0.3, -0.25) is 0 Å². The summed E-state index contributed by atoms with van der Waals surface area (Å²) in [6, 6.07) is 0. The Hall–Kier alpha value is 0.0569. The molecule has 1 heterocycles. The average Bonchev–Trinajstić information content (AvgIpc) is 2.69. The predicted octanol–water partition coefficient (Wildman–Crippen LogP) is 1.67. The molecular weight excluding hydrogens is 234 g/mol. The van der Waals surface area contributed by atoms with Gasteiger partial charge in [-0.2, -0.15) is 0 Å². The van der Waals surface area contributed by atoms with Crippen LogP contribution in [0.1, 0.15) is 26.2 Å². The summed E-state index contributed by atoms with van der Waals surface area (Å²) in [4.78, 5) is 0. The Morgan fingerprint density at radius 1 is 1.18 bits per heavy atom. The molecule has 0 aromatic rings. The first-order valence-corrected chi connectivity index (χ1v) is 8.45. The molecule has 0 aromatic carbocycles. The van der Waals surface area contributed by atoms with E-state index in [0.717, 1.165) is 16.6 Å². The fourth-order valence-corrected chi connectivity index (χ4v) is 5.11. The van der Waals surface area contributed by atoms with Crippen molar-refractivity contribution in [3.63, 3.8) is 0 Å². The summed E-state index contributed by atoms with van der Waals surface area (Å²) in [6.45, 7) is 4.72. The van der Waals surface area contributed by atoms with Crippen LogP contribution < -0.4 is 0 Å². The van der Waals surface area contributed by atoms with Crippen LogP contribution in [-0.2, 0) is 13.3 Å². The van der Waals surface area contributed by atoms with Crippen molar-refractivity contribution in [1.29, 1.82) is 0 Å².